The van der Waals surface area contributed by atoms with Crippen molar-refractivity contribution >= 4 is 28.7 Å². The molecule has 0 fully saturated rings. The van der Waals surface area contributed by atoms with Gasteiger partial charge in [-0.3, -0.25) is 9.80 Å². The molecule has 116 valence electrons. The molecular formula is C14H14N8O. The van der Waals surface area contributed by atoms with Gasteiger partial charge in [-0.1, -0.05) is 30.3 Å². The highest BCUT2D eigenvalue weighted by molar-refractivity contribution is 5.98. The number of carbonyl (C=O) groups is 1. The van der Waals surface area contributed by atoms with Crippen molar-refractivity contribution in [2.45, 2.75) is 0 Å². The molecule has 9 nitrogen and oxygen atoms in total. The monoisotopic (exact) mass is 310 g/mol. The number of hydrogen-bond donors (Lipinski definition) is 3. The number of amides is 1. The summed E-state index contributed by atoms with van der Waals surface area (Å²) in [5.74, 6) is 5.27. The smallest absolute Gasteiger partial charge is 0.289 e. The maximum absolute atomic E-state index is 11.9. The van der Waals surface area contributed by atoms with E-state index in [0.717, 1.165) is 10.6 Å². The summed E-state index contributed by atoms with van der Waals surface area (Å²) in [6.07, 6.45) is 0. The maximum atomic E-state index is 11.9. The zero-order valence-corrected chi connectivity index (χ0v) is 12.3. The van der Waals surface area contributed by atoms with Gasteiger partial charge in [0.1, 0.15) is 0 Å². The minimum absolute atomic E-state index is 0.0723. The van der Waals surface area contributed by atoms with Crippen LogP contribution in [-0.2, 0) is 0 Å². The molecular weight excluding hydrogens is 296 g/mol. The zero-order chi connectivity index (χ0) is 16.6. The fourth-order valence-corrected chi connectivity index (χ4v) is 2.02. The van der Waals surface area contributed by atoms with Crippen LogP contribution in [-0.4, -0.2) is 37.9 Å². The molecule has 23 heavy (non-hydrogen) atoms. The third-order valence-corrected chi connectivity index (χ3v) is 3.14. The van der Waals surface area contributed by atoms with Crippen LogP contribution in [0.2, 0.25) is 0 Å². The fourth-order valence-electron chi connectivity index (χ4n) is 2.02. The second-order valence-corrected chi connectivity index (χ2v) is 4.84. The lowest BCUT2D eigenvalue weighted by molar-refractivity contribution is 0.0790. The quantitative estimate of drug-likeness (QED) is 0.345. The molecule has 2 heterocycles. The second kappa shape index (κ2) is 5.46. The first-order valence-electron chi connectivity index (χ1n) is 6.66. The lowest BCUT2D eigenvalue weighted by atomic mass is 10.2. The van der Waals surface area contributed by atoms with Gasteiger partial charge in [-0.25, -0.2) is 25.8 Å². The van der Waals surface area contributed by atoms with Crippen LogP contribution in [0.25, 0.3) is 22.6 Å². The molecule has 6 N–H and O–H groups in total. The van der Waals surface area contributed by atoms with Gasteiger partial charge >= 0.3 is 0 Å². The highest BCUT2D eigenvalue weighted by Gasteiger charge is 2.19. The molecule has 3 rings (SSSR count). The minimum atomic E-state index is -0.580. The summed E-state index contributed by atoms with van der Waals surface area (Å²) >= 11 is 0. The summed E-state index contributed by atoms with van der Waals surface area (Å²) < 4.78 is 0. The fraction of sp³-hybridized carbons (Fsp3) is 0.0714. The molecule has 0 aliphatic carbocycles. The molecule has 9 heteroatoms. The summed E-state index contributed by atoms with van der Waals surface area (Å²) in [5.41, 5.74) is 12.8. The van der Waals surface area contributed by atoms with Crippen molar-refractivity contribution in [1.29, 1.82) is 0 Å². The number of nitrogen functional groups attached to an aromatic ring is 2. The van der Waals surface area contributed by atoms with Crippen molar-refractivity contribution in [3.63, 3.8) is 0 Å². The Morgan fingerprint density at radius 3 is 2.35 bits per heavy atom. The number of anilines is 2. The number of nitrogens with two attached hydrogens (primary N) is 3. The summed E-state index contributed by atoms with van der Waals surface area (Å²) in [7, 11) is 1.38. The molecule has 0 saturated heterocycles. The molecule has 2 aromatic heterocycles. The van der Waals surface area contributed by atoms with E-state index in [1.165, 1.54) is 7.05 Å². The second-order valence-electron chi connectivity index (χ2n) is 4.84. The van der Waals surface area contributed by atoms with E-state index in [-0.39, 0.29) is 28.5 Å². The first-order valence-corrected chi connectivity index (χ1v) is 6.66. The maximum Gasteiger partial charge on any atom is 0.289 e. The van der Waals surface area contributed by atoms with E-state index in [0.29, 0.717) is 5.82 Å². The molecule has 1 amide bonds. The van der Waals surface area contributed by atoms with E-state index in [1.54, 1.807) is 0 Å². The summed E-state index contributed by atoms with van der Waals surface area (Å²) in [6, 6.07) is 9.29. The van der Waals surface area contributed by atoms with Gasteiger partial charge in [0.2, 0.25) is 0 Å². The van der Waals surface area contributed by atoms with Crippen molar-refractivity contribution in [2.75, 3.05) is 18.5 Å². The van der Waals surface area contributed by atoms with Crippen LogP contribution >= 0.6 is 0 Å². The van der Waals surface area contributed by atoms with Gasteiger partial charge in [-0.2, -0.15) is 0 Å². The first-order chi connectivity index (χ1) is 11.0. The standard InChI is InChI=1S/C14H14N8O/c1-22(17)14(23)9-11(16)20-13-8(18-9)10(15)19-12(21-13)7-5-3-2-4-6-7/h2-6H,17H2,1H3,(H4,15,16,19,20,21). The molecule has 0 atom stereocenters. The van der Waals surface area contributed by atoms with Crippen LogP contribution in [0.4, 0.5) is 11.6 Å². The molecule has 0 saturated carbocycles. The Labute approximate surface area is 131 Å². The Hall–Kier alpha value is -3.33. The largest absolute Gasteiger partial charge is 0.382 e. The Morgan fingerprint density at radius 1 is 1.00 bits per heavy atom. The molecule has 1 aromatic carbocycles. The zero-order valence-electron chi connectivity index (χ0n) is 12.3. The van der Waals surface area contributed by atoms with Crippen molar-refractivity contribution in [3.05, 3.63) is 36.0 Å². The van der Waals surface area contributed by atoms with E-state index in [2.05, 4.69) is 19.9 Å². The summed E-state index contributed by atoms with van der Waals surface area (Å²) in [5, 5.41) is 0.863. The third kappa shape index (κ3) is 2.60. The van der Waals surface area contributed by atoms with Crippen LogP contribution in [0.3, 0.4) is 0 Å². The highest BCUT2D eigenvalue weighted by atomic mass is 16.2. The van der Waals surface area contributed by atoms with Crippen LogP contribution in [0, 0.1) is 0 Å². The summed E-state index contributed by atoms with van der Waals surface area (Å²) in [6.45, 7) is 0. The van der Waals surface area contributed by atoms with E-state index in [4.69, 9.17) is 17.3 Å². The van der Waals surface area contributed by atoms with Gasteiger partial charge in [0.25, 0.3) is 5.91 Å². The van der Waals surface area contributed by atoms with Crippen molar-refractivity contribution in [3.8, 4) is 11.4 Å². The number of aromatic nitrogens is 4. The first kappa shape index (κ1) is 14.6. The third-order valence-electron chi connectivity index (χ3n) is 3.14. The number of carbonyl (C=O) groups excluding carboxylic acids is 1. The molecule has 0 spiro atoms. The van der Waals surface area contributed by atoms with Crippen molar-refractivity contribution in [2.24, 2.45) is 5.84 Å². The number of nitrogens with zero attached hydrogens (tertiary/aromatic N) is 5. The number of hydrazine groups is 1. The van der Waals surface area contributed by atoms with Gasteiger partial charge < -0.3 is 11.5 Å². The Kier molecular flexibility index (Phi) is 3.47. The van der Waals surface area contributed by atoms with Crippen LogP contribution in [0.15, 0.2) is 30.3 Å². The highest BCUT2D eigenvalue weighted by Crippen LogP contribution is 2.22. The topological polar surface area (TPSA) is 150 Å². The molecule has 0 bridgehead atoms. The van der Waals surface area contributed by atoms with Gasteiger partial charge in [-0.15, -0.1) is 0 Å². The molecule has 0 unspecified atom stereocenters. The average molecular weight is 310 g/mol. The average Bonchev–Trinajstić information content (AvgIpc) is 2.54. The predicted molar refractivity (Wildman–Crippen MR) is 85.7 cm³/mol. The normalized spacial score (nSPS) is 10.7. The van der Waals surface area contributed by atoms with Crippen molar-refractivity contribution < 1.29 is 4.79 Å². The predicted octanol–water partition coefficient (Wildman–Crippen LogP) is 0.197. The number of benzene rings is 1. The van der Waals surface area contributed by atoms with Crippen LogP contribution in [0.5, 0.6) is 0 Å². The van der Waals surface area contributed by atoms with E-state index in [9.17, 15) is 4.79 Å². The van der Waals surface area contributed by atoms with Crippen molar-refractivity contribution in [1.82, 2.24) is 24.9 Å². The Bertz CT molecular complexity index is 894. The molecule has 0 aliphatic rings. The molecule has 3 aromatic rings. The molecule has 0 aliphatic heterocycles. The van der Waals surface area contributed by atoms with E-state index >= 15 is 0 Å². The number of fused-ring (bicyclic) bond motifs is 1. The lowest BCUT2D eigenvalue weighted by Crippen LogP contribution is -2.34. The number of rotatable bonds is 2. The van der Waals surface area contributed by atoms with Crippen LogP contribution in [0.1, 0.15) is 10.5 Å². The molecule has 0 radical (unpaired) electrons. The summed E-state index contributed by atoms with van der Waals surface area (Å²) in [4.78, 5) is 28.7. The lowest BCUT2D eigenvalue weighted by Gasteiger charge is -2.11. The Balaban J connectivity index is 2.20. The van der Waals surface area contributed by atoms with Gasteiger partial charge in [0, 0.05) is 12.6 Å². The van der Waals surface area contributed by atoms with Gasteiger partial charge in [0.15, 0.2) is 34.3 Å². The van der Waals surface area contributed by atoms with E-state index < -0.39 is 5.91 Å². The van der Waals surface area contributed by atoms with Gasteiger partial charge in [0.05, 0.1) is 0 Å². The van der Waals surface area contributed by atoms with Gasteiger partial charge in [-0.05, 0) is 0 Å². The minimum Gasteiger partial charge on any atom is -0.382 e. The number of hydrogen-bond acceptors (Lipinski definition) is 8. The Morgan fingerprint density at radius 2 is 1.70 bits per heavy atom. The van der Waals surface area contributed by atoms with Crippen LogP contribution < -0.4 is 17.3 Å². The SMILES string of the molecule is CN(N)C(=O)c1nc2c(N)nc(-c3ccccc3)nc2nc1N. The van der Waals surface area contributed by atoms with E-state index in [1.807, 2.05) is 30.3 Å².